The van der Waals surface area contributed by atoms with Crippen LogP contribution in [0.25, 0.3) is 10.8 Å². The van der Waals surface area contributed by atoms with E-state index in [1.54, 1.807) is 7.11 Å². The number of Topliss-reactive ketones (excluding diaryl/α,β-unsaturated/α-hetero) is 3. The smallest absolute Gasteiger partial charge is 0.163 e. The first kappa shape index (κ1) is 23.2. The maximum absolute atomic E-state index is 13.4. The fourth-order valence-corrected chi connectivity index (χ4v) is 5.61. The fourth-order valence-electron chi connectivity index (χ4n) is 5.61. The van der Waals surface area contributed by atoms with Crippen LogP contribution in [0.5, 0.6) is 5.75 Å². The van der Waals surface area contributed by atoms with Gasteiger partial charge in [-0.3, -0.25) is 14.4 Å². The van der Waals surface area contributed by atoms with E-state index in [1.165, 1.54) is 0 Å². The Morgan fingerprint density at radius 2 is 1.55 bits per heavy atom. The van der Waals surface area contributed by atoms with Gasteiger partial charge in [0.05, 0.1) is 13.0 Å². The Balaban J connectivity index is 1.98. The molecule has 0 saturated heterocycles. The van der Waals surface area contributed by atoms with Crippen LogP contribution < -0.4 is 4.74 Å². The van der Waals surface area contributed by atoms with Gasteiger partial charge in [0.1, 0.15) is 23.1 Å². The van der Waals surface area contributed by atoms with Gasteiger partial charge in [0.25, 0.3) is 0 Å². The Morgan fingerprint density at radius 3 is 2.15 bits per heavy atom. The average Bonchev–Trinajstić information content (AvgIpc) is 2.69. The molecule has 0 aliphatic heterocycles. The highest BCUT2D eigenvalue weighted by Gasteiger charge is 2.48. The molecule has 0 bridgehead atoms. The first-order chi connectivity index (χ1) is 15.4. The molecule has 33 heavy (non-hydrogen) atoms. The minimum Gasteiger partial charge on any atom is -0.512 e. The lowest BCUT2D eigenvalue weighted by Gasteiger charge is -2.39. The molecule has 1 fully saturated rings. The topological polar surface area (TPSA) is 80.7 Å². The first-order valence-corrected chi connectivity index (χ1v) is 11.5. The van der Waals surface area contributed by atoms with Gasteiger partial charge in [-0.05, 0) is 39.3 Å². The van der Waals surface area contributed by atoms with Gasteiger partial charge >= 0.3 is 0 Å². The molecule has 1 unspecified atom stereocenters. The number of ketones is 3. The van der Waals surface area contributed by atoms with Gasteiger partial charge in [-0.15, -0.1) is 0 Å². The highest BCUT2D eigenvalue weighted by molar-refractivity contribution is 6.10. The van der Waals surface area contributed by atoms with Gasteiger partial charge < -0.3 is 9.84 Å². The summed E-state index contributed by atoms with van der Waals surface area (Å²) in [5, 5.41) is 12.8. The van der Waals surface area contributed by atoms with E-state index in [0.29, 0.717) is 17.7 Å². The molecule has 1 N–H and O–H groups in total. The molecule has 2 aromatic carbocycles. The van der Waals surface area contributed by atoms with Crippen molar-refractivity contribution in [3.8, 4) is 5.75 Å². The summed E-state index contributed by atoms with van der Waals surface area (Å²) in [4.78, 5) is 40.2. The molecule has 2 aromatic rings. The Bertz CT molecular complexity index is 1160. The van der Waals surface area contributed by atoms with Gasteiger partial charge in [0, 0.05) is 37.2 Å². The molecule has 0 radical (unpaired) electrons. The van der Waals surface area contributed by atoms with Gasteiger partial charge in [-0.25, -0.2) is 0 Å². The van der Waals surface area contributed by atoms with E-state index in [2.05, 4.69) is 0 Å². The van der Waals surface area contributed by atoms with Crippen LogP contribution in [0, 0.1) is 16.7 Å². The standard InChI is InChI=1S/C28H32O5/c1-27(2)12-20(29)25(21(30)13-27)24(26-22(31)14-28(3,4)15-23(26)32)18-8-6-7-16-9-10-17(33-5)11-19(16)18/h6-11,24-25,31H,12-15H2,1-5H3. The molecule has 1 atom stereocenters. The summed E-state index contributed by atoms with van der Waals surface area (Å²) in [6, 6.07) is 11.3. The number of benzene rings is 2. The Morgan fingerprint density at radius 1 is 0.909 bits per heavy atom. The number of methoxy groups -OCH3 is 1. The third-order valence-electron chi connectivity index (χ3n) is 7.00. The molecule has 1 saturated carbocycles. The highest BCUT2D eigenvalue weighted by atomic mass is 16.5. The predicted octanol–water partition coefficient (Wildman–Crippen LogP) is 5.71. The number of allylic oxidation sites excluding steroid dienone is 2. The van der Waals surface area contributed by atoms with E-state index in [0.717, 1.165) is 10.8 Å². The number of carbonyl (C=O) groups excluding carboxylic acids is 3. The average molecular weight is 449 g/mol. The molecule has 5 heteroatoms. The third-order valence-corrected chi connectivity index (χ3v) is 7.00. The van der Waals surface area contributed by atoms with Crippen molar-refractivity contribution in [1.82, 2.24) is 0 Å². The fraction of sp³-hybridized carbons (Fsp3) is 0.464. The molecule has 0 spiro atoms. The van der Waals surface area contributed by atoms with Gasteiger partial charge in [0.15, 0.2) is 5.78 Å². The van der Waals surface area contributed by atoms with Crippen molar-refractivity contribution in [2.24, 2.45) is 16.7 Å². The molecule has 174 valence electrons. The Hall–Kier alpha value is -2.95. The van der Waals surface area contributed by atoms with Crippen LogP contribution in [0.1, 0.15) is 64.9 Å². The molecule has 2 aliphatic rings. The predicted molar refractivity (Wildman–Crippen MR) is 127 cm³/mol. The molecular formula is C28H32O5. The van der Waals surface area contributed by atoms with Crippen molar-refractivity contribution in [2.75, 3.05) is 7.11 Å². The second-order valence-corrected chi connectivity index (χ2v) is 11.1. The van der Waals surface area contributed by atoms with Crippen molar-refractivity contribution in [3.63, 3.8) is 0 Å². The third kappa shape index (κ3) is 4.33. The lowest BCUT2D eigenvalue weighted by atomic mass is 9.62. The zero-order chi connectivity index (χ0) is 24.1. The molecule has 5 nitrogen and oxygen atoms in total. The molecular weight excluding hydrogens is 416 g/mol. The van der Waals surface area contributed by atoms with Crippen molar-refractivity contribution in [3.05, 3.63) is 53.3 Å². The summed E-state index contributed by atoms with van der Waals surface area (Å²) in [6.07, 6.45) is 1.13. The van der Waals surface area contributed by atoms with Crippen LogP contribution in [-0.2, 0) is 14.4 Å². The number of hydrogen-bond donors (Lipinski definition) is 1. The van der Waals surface area contributed by atoms with E-state index in [1.807, 2.05) is 64.1 Å². The van der Waals surface area contributed by atoms with Gasteiger partial charge in [0.2, 0.25) is 0 Å². The van der Waals surface area contributed by atoms with Crippen molar-refractivity contribution in [2.45, 2.75) is 59.3 Å². The number of rotatable bonds is 4. The largest absolute Gasteiger partial charge is 0.512 e. The van der Waals surface area contributed by atoms with Crippen LogP contribution >= 0.6 is 0 Å². The summed E-state index contributed by atoms with van der Waals surface area (Å²) in [5.74, 6) is -1.70. The number of aliphatic hydroxyl groups is 1. The monoisotopic (exact) mass is 448 g/mol. The number of carbonyl (C=O) groups is 3. The van der Waals surface area contributed by atoms with E-state index < -0.39 is 17.3 Å². The lowest BCUT2D eigenvalue weighted by molar-refractivity contribution is -0.140. The van der Waals surface area contributed by atoms with Gasteiger partial charge in [-0.2, -0.15) is 0 Å². The minimum absolute atomic E-state index is 0.00779. The number of hydrogen-bond acceptors (Lipinski definition) is 5. The van der Waals surface area contributed by atoms with E-state index in [9.17, 15) is 19.5 Å². The first-order valence-electron chi connectivity index (χ1n) is 11.5. The molecule has 4 rings (SSSR count). The van der Waals surface area contributed by atoms with E-state index >= 15 is 0 Å². The zero-order valence-corrected chi connectivity index (χ0v) is 20.0. The molecule has 0 amide bonds. The highest BCUT2D eigenvalue weighted by Crippen LogP contribution is 2.48. The Labute approximate surface area is 194 Å². The SMILES string of the molecule is COc1ccc2cccc(C(C3=C(O)CC(C)(C)CC3=O)C3C(=O)CC(C)(C)CC3=O)c2c1. The quantitative estimate of drug-likeness (QED) is 0.606. The van der Waals surface area contributed by atoms with Crippen LogP contribution in [0.15, 0.2) is 47.7 Å². The van der Waals surface area contributed by atoms with Crippen LogP contribution in [0.2, 0.25) is 0 Å². The zero-order valence-electron chi connectivity index (χ0n) is 20.0. The molecule has 2 aliphatic carbocycles. The normalized spacial score (nSPS) is 22.0. The molecule has 0 heterocycles. The van der Waals surface area contributed by atoms with Crippen molar-refractivity contribution >= 4 is 28.1 Å². The summed E-state index contributed by atoms with van der Waals surface area (Å²) in [7, 11) is 1.58. The summed E-state index contributed by atoms with van der Waals surface area (Å²) >= 11 is 0. The lowest BCUT2D eigenvalue weighted by Crippen LogP contribution is -2.43. The summed E-state index contributed by atoms with van der Waals surface area (Å²) < 4.78 is 5.42. The second kappa shape index (κ2) is 8.12. The Kier molecular flexibility index (Phi) is 5.71. The van der Waals surface area contributed by atoms with E-state index in [-0.39, 0.29) is 53.4 Å². The van der Waals surface area contributed by atoms with E-state index in [4.69, 9.17) is 4.74 Å². The van der Waals surface area contributed by atoms with Crippen LogP contribution in [0.3, 0.4) is 0 Å². The number of ether oxygens (including phenoxy) is 1. The minimum atomic E-state index is -0.989. The number of aliphatic hydroxyl groups excluding tert-OH is 1. The van der Waals surface area contributed by atoms with Crippen molar-refractivity contribution in [1.29, 1.82) is 0 Å². The van der Waals surface area contributed by atoms with Gasteiger partial charge in [-0.1, -0.05) is 52.0 Å². The second-order valence-electron chi connectivity index (χ2n) is 11.1. The van der Waals surface area contributed by atoms with Crippen molar-refractivity contribution < 1.29 is 24.2 Å². The maximum atomic E-state index is 13.4. The van der Waals surface area contributed by atoms with Crippen LogP contribution in [0.4, 0.5) is 0 Å². The summed E-state index contributed by atoms with van der Waals surface area (Å²) in [5.41, 5.74) is 0.134. The molecule has 0 aromatic heterocycles. The maximum Gasteiger partial charge on any atom is 0.163 e. The number of fused-ring (bicyclic) bond motifs is 1. The van der Waals surface area contributed by atoms with Crippen LogP contribution in [-0.4, -0.2) is 29.6 Å². The summed E-state index contributed by atoms with van der Waals surface area (Å²) in [6.45, 7) is 7.72.